The number of ether oxygens (including phenoxy) is 1. The summed E-state index contributed by atoms with van der Waals surface area (Å²) >= 11 is 0. The molecule has 2 fully saturated rings. The molecule has 5 nitrogen and oxygen atoms in total. The van der Waals surface area contributed by atoms with E-state index in [0.29, 0.717) is 12.3 Å². The van der Waals surface area contributed by atoms with Gasteiger partial charge in [0.05, 0.1) is 17.3 Å². The molecule has 1 aliphatic heterocycles. The third-order valence-corrected chi connectivity index (χ3v) is 10.5. The maximum absolute atomic E-state index is 12.6. The molecule has 1 aromatic heterocycles. The zero-order valence-corrected chi connectivity index (χ0v) is 22.8. The van der Waals surface area contributed by atoms with Crippen LogP contribution in [-0.2, 0) is 16.6 Å². The minimum absolute atomic E-state index is 0.189. The molecule has 0 spiro atoms. The van der Waals surface area contributed by atoms with Crippen molar-refractivity contribution in [3.8, 4) is 0 Å². The Hall–Kier alpha value is -2.18. The molecule has 7 atom stereocenters. The molecule has 0 bridgehead atoms. The standard InChI is InChI=1S/C32H41NO4/c1-18(2)27-24(34)17-22-25(37-27)12-14-30(5)31(6)20(11-15-32(22,30)36)16-21-26-19(10-13-29(3,4)35)8-7-9-23(26)33-28(21)31/h7-10,13,17,20,24-25,27,33-36H,1,11-12,14-16H2,2-6H3/b13-10+/t20-,24?,25?,27+,30+,31+,32+/m0/s1. The van der Waals surface area contributed by atoms with Crippen LogP contribution < -0.4 is 0 Å². The van der Waals surface area contributed by atoms with Gasteiger partial charge in [0, 0.05) is 27.4 Å². The van der Waals surface area contributed by atoms with Crippen LogP contribution in [0.4, 0.5) is 0 Å². The van der Waals surface area contributed by atoms with Gasteiger partial charge in [-0.1, -0.05) is 44.7 Å². The number of H-pyrrole nitrogens is 1. The summed E-state index contributed by atoms with van der Waals surface area (Å²) < 4.78 is 6.34. The Morgan fingerprint density at radius 2 is 1.97 bits per heavy atom. The van der Waals surface area contributed by atoms with Gasteiger partial charge in [-0.05, 0) is 93.2 Å². The molecular formula is C32H41NO4. The third-order valence-electron chi connectivity index (χ3n) is 10.5. The first-order chi connectivity index (χ1) is 17.3. The largest absolute Gasteiger partial charge is 0.386 e. The second-order valence-corrected chi connectivity index (χ2v) is 13.1. The first-order valence-electron chi connectivity index (χ1n) is 13.8. The van der Waals surface area contributed by atoms with Gasteiger partial charge in [0.1, 0.15) is 12.2 Å². The van der Waals surface area contributed by atoms with E-state index in [1.54, 1.807) is 13.8 Å². The Kier molecular flexibility index (Phi) is 5.38. The molecule has 0 saturated heterocycles. The first kappa shape index (κ1) is 25.1. The van der Waals surface area contributed by atoms with Gasteiger partial charge in [-0.15, -0.1) is 0 Å². The van der Waals surface area contributed by atoms with Crippen molar-refractivity contribution >= 4 is 17.0 Å². The summed E-state index contributed by atoms with van der Waals surface area (Å²) in [6, 6.07) is 6.31. The summed E-state index contributed by atoms with van der Waals surface area (Å²) in [5.74, 6) is 0.421. The fraction of sp³-hybridized carbons (Fsp3) is 0.562. The van der Waals surface area contributed by atoms with Crippen molar-refractivity contribution in [3.63, 3.8) is 0 Å². The molecule has 0 amide bonds. The predicted octanol–water partition coefficient (Wildman–Crippen LogP) is 5.34. The summed E-state index contributed by atoms with van der Waals surface area (Å²) in [7, 11) is 0. The minimum Gasteiger partial charge on any atom is -0.386 e. The average molecular weight is 504 g/mol. The smallest absolute Gasteiger partial charge is 0.108 e. The highest BCUT2D eigenvalue weighted by molar-refractivity contribution is 5.94. The number of aliphatic hydroxyl groups excluding tert-OH is 1. The molecular weight excluding hydrogens is 462 g/mol. The van der Waals surface area contributed by atoms with Crippen LogP contribution in [0.3, 0.4) is 0 Å². The SMILES string of the molecule is C=C(C)[C@H]1OC2CC[C@@]3(C)[C@@](O)(CC[C@H]4Cc5c([nH]c6cccc(/C=C/C(C)(C)O)c56)[C@@]43C)C2=CC1O. The molecule has 3 aliphatic carbocycles. The number of hydrogen-bond acceptors (Lipinski definition) is 4. The number of benzene rings is 1. The summed E-state index contributed by atoms with van der Waals surface area (Å²) in [6.07, 6.45) is 8.60. The lowest BCUT2D eigenvalue weighted by molar-refractivity contribution is -0.185. The predicted molar refractivity (Wildman–Crippen MR) is 147 cm³/mol. The van der Waals surface area contributed by atoms with Crippen LogP contribution in [0.5, 0.6) is 0 Å². The fourth-order valence-corrected chi connectivity index (χ4v) is 8.38. The molecule has 4 N–H and O–H groups in total. The van der Waals surface area contributed by atoms with E-state index < -0.39 is 28.8 Å². The molecule has 6 rings (SSSR count). The van der Waals surface area contributed by atoms with Gasteiger partial charge in [-0.25, -0.2) is 0 Å². The van der Waals surface area contributed by atoms with E-state index in [2.05, 4.69) is 43.6 Å². The van der Waals surface area contributed by atoms with Crippen molar-refractivity contribution in [3.05, 3.63) is 64.9 Å². The zero-order valence-electron chi connectivity index (χ0n) is 22.8. The summed E-state index contributed by atoms with van der Waals surface area (Å²) in [6.45, 7) is 14.1. The normalized spacial score (nSPS) is 39.2. The summed E-state index contributed by atoms with van der Waals surface area (Å²) in [4.78, 5) is 3.81. The Labute approximate surface area is 219 Å². The number of rotatable bonds is 3. The molecule has 37 heavy (non-hydrogen) atoms. The maximum atomic E-state index is 12.6. The van der Waals surface area contributed by atoms with Crippen molar-refractivity contribution in [2.24, 2.45) is 11.3 Å². The zero-order chi connectivity index (χ0) is 26.5. The van der Waals surface area contributed by atoms with Crippen molar-refractivity contribution in [2.75, 3.05) is 0 Å². The van der Waals surface area contributed by atoms with E-state index in [1.165, 1.54) is 16.6 Å². The Bertz CT molecular complexity index is 1340. The van der Waals surface area contributed by atoms with Crippen LogP contribution >= 0.6 is 0 Å². The first-order valence-corrected chi connectivity index (χ1v) is 13.8. The van der Waals surface area contributed by atoms with Gasteiger partial charge < -0.3 is 25.0 Å². The van der Waals surface area contributed by atoms with E-state index in [9.17, 15) is 15.3 Å². The van der Waals surface area contributed by atoms with E-state index in [-0.39, 0.29) is 11.5 Å². The second kappa shape index (κ2) is 7.92. The average Bonchev–Trinajstić information content (AvgIpc) is 3.33. The van der Waals surface area contributed by atoms with Crippen molar-refractivity contribution in [1.82, 2.24) is 4.98 Å². The number of nitrogens with one attached hydrogen (secondary N) is 1. The van der Waals surface area contributed by atoms with Crippen molar-refractivity contribution < 1.29 is 20.1 Å². The summed E-state index contributed by atoms with van der Waals surface area (Å²) in [5, 5.41) is 35.0. The minimum atomic E-state index is -1.05. The summed E-state index contributed by atoms with van der Waals surface area (Å²) in [5.41, 5.74) is 3.88. The highest BCUT2D eigenvalue weighted by Crippen LogP contribution is 2.69. The number of aromatic nitrogens is 1. The molecule has 4 aliphatic rings. The number of aliphatic hydroxyl groups is 3. The molecule has 2 aromatic rings. The molecule has 1 aromatic carbocycles. The highest BCUT2D eigenvalue weighted by atomic mass is 16.5. The Morgan fingerprint density at radius 1 is 1.22 bits per heavy atom. The lowest BCUT2D eigenvalue weighted by atomic mass is 9.42. The Balaban J connectivity index is 1.49. The highest BCUT2D eigenvalue weighted by Gasteiger charge is 2.69. The van der Waals surface area contributed by atoms with Crippen molar-refractivity contribution in [1.29, 1.82) is 0 Å². The van der Waals surface area contributed by atoms with Crippen LogP contribution in [-0.4, -0.2) is 49.8 Å². The molecule has 198 valence electrons. The van der Waals surface area contributed by atoms with E-state index in [4.69, 9.17) is 4.74 Å². The maximum Gasteiger partial charge on any atom is 0.108 e. The van der Waals surface area contributed by atoms with Gasteiger partial charge in [0.15, 0.2) is 0 Å². The molecule has 2 unspecified atom stereocenters. The second-order valence-electron chi connectivity index (χ2n) is 13.1. The fourth-order valence-electron chi connectivity index (χ4n) is 8.38. The molecule has 0 radical (unpaired) electrons. The number of hydrogen-bond donors (Lipinski definition) is 4. The monoisotopic (exact) mass is 503 g/mol. The van der Waals surface area contributed by atoms with Crippen LogP contribution in [0.25, 0.3) is 17.0 Å². The van der Waals surface area contributed by atoms with Gasteiger partial charge in [0.2, 0.25) is 0 Å². The van der Waals surface area contributed by atoms with Crippen LogP contribution in [0.15, 0.2) is 48.1 Å². The quantitative estimate of drug-likeness (QED) is 0.426. The van der Waals surface area contributed by atoms with E-state index in [1.807, 2.05) is 25.2 Å². The van der Waals surface area contributed by atoms with Crippen LogP contribution in [0, 0.1) is 11.3 Å². The van der Waals surface area contributed by atoms with Gasteiger partial charge >= 0.3 is 0 Å². The molecule has 2 saturated carbocycles. The van der Waals surface area contributed by atoms with E-state index in [0.717, 1.165) is 47.9 Å². The number of aromatic amines is 1. The van der Waals surface area contributed by atoms with Crippen LogP contribution in [0.2, 0.25) is 0 Å². The molecule has 5 heteroatoms. The number of fused-ring (bicyclic) bond motifs is 9. The lowest BCUT2D eigenvalue weighted by Gasteiger charge is -2.65. The van der Waals surface area contributed by atoms with Crippen molar-refractivity contribution in [2.45, 2.75) is 102 Å². The van der Waals surface area contributed by atoms with Gasteiger partial charge in [-0.2, -0.15) is 0 Å². The van der Waals surface area contributed by atoms with Gasteiger partial charge in [-0.3, -0.25) is 0 Å². The van der Waals surface area contributed by atoms with E-state index >= 15 is 0 Å². The lowest BCUT2D eigenvalue weighted by Crippen LogP contribution is -2.67. The molecule has 2 heterocycles. The topological polar surface area (TPSA) is 85.7 Å². The third kappa shape index (κ3) is 3.30. The Morgan fingerprint density at radius 3 is 2.68 bits per heavy atom. The van der Waals surface area contributed by atoms with Gasteiger partial charge in [0.25, 0.3) is 0 Å². The van der Waals surface area contributed by atoms with Crippen LogP contribution in [0.1, 0.15) is 77.1 Å².